The molecule has 2 aliphatic carbocycles. The molecule has 1 unspecified atom stereocenters. The van der Waals surface area contributed by atoms with Gasteiger partial charge in [0.15, 0.2) is 6.10 Å². The molecule has 5 saturated heterocycles. The first-order chi connectivity index (χ1) is 16.0. The number of ketones is 1. The van der Waals surface area contributed by atoms with Crippen LogP contribution in [0, 0.1) is 34.0 Å². The Kier molecular flexibility index (Phi) is 3.99. The second-order valence-corrected chi connectivity index (χ2v) is 12.8. The predicted molar refractivity (Wildman–Crippen MR) is 115 cm³/mol. The third-order valence-electron chi connectivity index (χ3n) is 11.3. The van der Waals surface area contributed by atoms with Crippen LogP contribution in [0.1, 0.15) is 59.8 Å². The number of hydrogen-bond donors (Lipinski definition) is 0. The molecule has 0 bridgehead atoms. The smallest absolute Gasteiger partial charge is 0.338 e. The molecule has 7 rings (SSSR count). The largest absolute Gasteiger partial charge is 0.465 e. The standard InChI is InChI=1S/C26H34O8/c1-22(2)15-9-16(27)24(4)14(25(15)12-31-18(28)10-17(25)33-22)5-7-23(3)19(13-6-8-30-11-13)32-21(29)20-26(23,24)34-20/h13-15,17,19-20H,5-12H2,1-4H3/t13?,14-,15-,17-,19-,20+,23-,24-,25+,26+/m0/s1. The van der Waals surface area contributed by atoms with E-state index in [2.05, 4.69) is 6.92 Å². The van der Waals surface area contributed by atoms with Crippen LogP contribution in [-0.4, -0.2) is 67.1 Å². The van der Waals surface area contributed by atoms with Gasteiger partial charge >= 0.3 is 11.9 Å². The minimum Gasteiger partial charge on any atom is -0.465 e. The number of rotatable bonds is 1. The van der Waals surface area contributed by atoms with Crippen molar-refractivity contribution in [3.05, 3.63) is 0 Å². The highest BCUT2D eigenvalue weighted by molar-refractivity contribution is 5.93. The average molecular weight is 475 g/mol. The van der Waals surface area contributed by atoms with E-state index in [1.54, 1.807) is 0 Å². The maximum Gasteiger partial charge on any atom is 0.338 e. The van der Waals surface area contributed by atoms with Gasteiger partial charge in [0.25, 0.3) is 0 Å². The van der Waals surface area contributed by atoms with Crippen molar-refractivity contribution in [2.45, 2.75) is 89.3 Å². The summed E-state index contributed by atoms with van der Waals surface area (Å²) in [5.74, 6) is -0.484. The number of carbonyl (C=O) groups is 3. The maximum atomic E-state index is 14.3. The van der Waals surface area contributed by atoms with Crippen LogP contribution in [0.5, 0.6) is 0 Å². The fraction of sp³-hybridized carbons (Fsp3) is 0.885. The lowest BCUT2D eigenvalue weighted by Crippen LogP contribution is -2.74. The van der Waals surface area contributed by atoms with Crippen molar-refractivity contribution < 1.29 is 38.1 Å². The first-order valence-electron chi connectivity index (χ1n) is 12.9. The molecule has 34 heavy (non-hydrogen) atoms. The molecular formula is C26H34O8. The Hall–Kier alpha value is -1.51. The first kappa shape index (κ1) is 21.7. The number of esters is 2. The van der Waals surface area contributed by atoms with Gasteiger partial charge in [0.1, 0.15) is 24.1 Å². The second kappa shape index (κ2) is 6.24. The Morgan fingerprint density at radius 3 is 2.47 bits per heavy atom. The Balaban J connectivity index is 1.38. The van der Waals surface area contributed by atoms with Gasteiger partial charge in [0.2, 0.25) is 0 Å². The number of epoxide rings is 1. The van der Waals surface area contributed by atoms with Crippen LogP contribution >= 0.6 is 0 Å². The molecule has 7 fully saturated rings. The fourth-order valence-corrected chi connectivity index (χ4v) is 9.92. The number of fused-ring (bicyclic) bond motifs is 1. The second-order valence-electron chi connectivity index (χ2n) is 12.8. The van der Waals surface area contributed by atoms with E-state index in [1.165, 1.54) is 0 Å². The normalized spacial score (nSPS) is 56.9. The van der Waals surface area contributed by atoms with Crippen molar-refractivity contribution in [1.29, 1.82) is 0 Å². The highest BCUT2D eigenvalue weighted by Gasteiger charge is 2.89. The number of hydrogen-bond acceptors (Lipinski definition) is 8. The predicted octanol–water partition coefficient (Wildman–Crippen LogP) is 2.21. The van der Waals surface area contributed by atoms with Crippen LogP contribution in [0.4, 0.5) is 0 Å². The molecule has 8 nitrogen and oxygen atoms in total. The number of ether oxygens (including phenoxy) is 5. The molecule has 0 aromatic carbocycles. The Labute approximate surface area is 199 Å². The van der Waals surface area contributed by atoms with E-state index < -0.39 is 33.6 Å². The van der Waals surface area contributed by atoms with Gasteiger partial charge in [0.05, 0.1) is 30.1 Å². The van der Waals surface area contributed by atoms with Gasteiger partial charge in [-0.2, -0.15) is 0 Å². The number of carbonyl (C=O) groups excluding carboxylic acids is 3. The van der Waals surface area contributed by atoms with E-state index in [9.17, 15) is 14.4 Å². The summed E-state index contributed by atoms with van der Waals surface area (Å²) >= 11 is 0. The zero-order chi connectivity index (χ0) is 23.9. The maximum absolute atomic E-state index is 14.3. The quantitative estimate of drug-likeness (QED) is 0.421. The van der Waals surface area contributed by atoms with Gasteiger partial charge in [0, 0.05) is 35.7 Å². The van der Waals surface area contributed by atoms with Crippen LogP contribution in [0.25, 0.3) is 0 Å². The van der Waals surface area contributed by atoms with Gasteiger partial charge in [-0.25, -0.2) is 4.79 Å². The van der Waals surface area contributed by atoms with Crippen molar-refractivity contribution >= 4 is 17.7 Å². The lowest BCUT2D eigenvalue weighted by atomic mass is 9.37. The van der Waals surface area contributed by atoms with E-state index in [1.807, 2.05) is 20.8 Å². The summed E-state index contributed by atoms with van der Waals surface area (Å²) in [6, 6.07) is 0. The summed E-state index contributed by atoms with van der Waals surface area (Å²) in [7, 11) is 0. The van der Waals surface area contributed by atoms with Crippen molar-refractivity contribution in [1.82, 2.24) is 0 Å². The van der Waals surface area contributed by atoms with Crippen molar-refractivity contribution in [2.24, 2.45) is 34.0 Å². The molecule has 0 amide bonds. The molecule has 8 heteroatoms. The zero-order valence-corrected chi connectivity index (χ0v) is 20.4. The highest BCUT2D eigenvalue weighted by Crippen LogP contribution is 2.78. The number of Topliss-reactive ketones (excluding diaryl/α,β-unsaturated/α-hetero) is 1. The Bertz CT molecular complexity index is 1000. The van der Waals surface area contributed by atoms with Crippen LogP contribution in [0.3, 0.4) is 0 Å². The molecule has 0 aromatic rings. The van der Waals surface area contributed by atoms with Gasteiger partial charge in [-0.3, -0.25) is 9.59 Å². The molecule has 0 radical (unpaired) electrons. The lowest BCUT2D eigenvalue weighted by Gasteiger charge is -2.65. The van der Waals surface area contributed by atoms with Crippen LogP contribution in [0.15, 0.2) is 0 Å². The van der Waals surface area contributed by atoms with Gasteiger partial charge in [-0.15, -0.1) is 0 Å². The summed E-state index contributed by atoms with van der Waals surface area (Å²) in [6.07, 6.45) is 1.60. The summed E-state index contributed by atoms with van der Waals surface area (Å²) < 4.78 is 30.4. The topological polar surface area (TPSA) is 101 Å². The molecule has 5 aliphatic heterocycles. The molecule has 5 heterocycles. The molecule has 186 valence electrons. The van der Waals surface area contributed by atoms with Crippen molar-refractivity contribution in [3.8, 4) is 0 Å². The minimum absolute atomic E-state index is 0.0452. The van der Waals surface area contributed by atoms with Gasteiger partial charge < -0.3 is 23.7 Å². The molecule has 2 spiro atoms. The molecule has 7 aliphatic rings. The third kappa shape index (κ3) is 2.13. The molecule has 0 N–H and O–H groups in total. The van der Waals surface area contributed by atoms with Crippen LogP contribution in [-0.2, 0) is 38.1 Å². The average Bonchev–Trinajstić information content (AvgIpc) is 3.26. The Morgan fingerprint density at radius 1 is 0.941 bits per heavy atom. The SMILES string of the molecule is CC1(C)O[C@H]2CC(=O)OC[C@]23[C@H]2CC[C@@]4(C)[C@H](C5CCOC5)OC(=O)[C@H]5O[C@]54[C@]2(C)C(=O)C[C@@H]13. The summed E-state index contributed by atoms with van der Waals surface area (Å²) in [4.78, 5) is 39.7. The molecule has 10 atom stereocenters. The third-order valence-corrected chi connectivity index (χ3v) is 11.3. The van der Waals surface area contributed by atoms with Gasteiger partial charge in [-0.05, 0) is 46.0 Å². The van der Waals surface area contributed by atoms with Crippen LogP contribution < -0.4 is 0 Å². The number of cyclic esters (lactones) is 2. The molecule has 0 aromatic heterocycles. The van der Waals surface area contributed by atoms with Crippen molar-refractivity contribution in [3.63, 3.8) is 0 Å². The monoisotopic (exact) mass is 474 g/mol. The van der Waals surface area contributed by atoms with Gasteiger partial charge in [-0.1, -0.05) is 6.92 Å². The zero-order valence-electron chi connectivity index (χ0n) is 20.4. The Morgan fingerprint density at radius 2 is 1.74 bits per heavy atom. The van der Waals surface area contributed by atoms with Crippen LogP contribution in [0.2, 0.25) is 0 Å². The molecular weight excluding hydrogens is 440 g/mol. The van der Waals surface area contributed by atoms with E-state index >= 15 is 0 Å². The van der Waals surface area contributed by atoms with E-state index in [-0.39, 0.29) is 60.7 Å². The highest BCUT2D eigenvalue weighted by atomic mass is 16.7. The lowest BCUT2D eigenvalue weighted by molar-refractivity contribution is -0.229. The summed E-state index contributed by atoms with van der Waals surface area (Å²) in [6.45, 7) is 9.75. The fourth-order valence-electron chi connectivity index (χ4n) is 9.92. The first-order valence-corrected chi connectivity index (χ1v) is 12.9. The summed E-state index contributed by atoms with van der Waals surface area (Å²) in [5.41, 5.74) is -3.26. The van der Waals surface area contributed by atoms with Crippen molar-refractivity contribution in [2.75, 3.05) is 19.8 Å². The summed E-state index contributed by atoms with van der Waals surface area (Å²) in [5, 5.41) is 0. The molecule has 2 saturated carbocycles. The van der Waals surface area contributed by atoms with E-state index in [0.29, 0.717) is 19.6 Å². The van der Waals surface area contributed by atoms with E-state index in [0.717, 1.165) is 19.3 Å². The van der Waals surface area contributed by atoms with E-state index in [4.69, 9.17) is 23.7 Å². The minimum atomic E-state index is -0.902.